The Morgan fingerprint density at radius 2 is 2.00 bits per heavy atom. The van der Waals surface area contributed by atoms with E-state index in [9.17, 15) is 0 Å². The van der Waals surface area contributed by atoms with Gasteiger partial charge in [0.05, 0.1) is 17.2 Å². The van der Waals surface area contributed by atoms with Crippen LogP contribution in [0.5, 0.6) is 0 Å². The quantitative estimate of drug-likeness (QED) is 0.798. The normalized spacial score (nSPS) is 19.8. The summed E-state index contributed by atoms with van der Waals surface area (Å²) in [5.74, 6) is 1.06. The van der Waals surface area contributed by atoms with Crippen molar-refractivity contribution in [2.45, 2.75) is 43.9 Å². The molecule has 1 saturated carbocycles. The number of aromatic nitrogens is 3. The van der Waals surface area contributed by atoms with Crippen molar-refractivity contribution in [3.63, 3.8) is 0 Å². The molecule has 0 atom stereocenters. The molecule has 96 valence electrons. The Morgan fingerprint density at radius 1 is 1.22 bits per heavy atom. The van der Waals surface area contributed by atoms with Crippen molar-refractivity contribution in [1.82, 2.24) is 15.0 Å². The highest BCUT2D eigenvalue weighted by Crippen LogP contribution is 2.36. The molecule has 0 bridgehead atoms. The molecule has 0 aromatic carbocycles. The maximum absolute atomic E-state index is 6.09. The molecule has 4 heteroatoms. The highest BCUT2D eigenvalue weighted by molar-refractivity contribution is 5.73. The summed E-state index contributed by atoms with van der Waals surface area (Å²) < 4.78 is 0. The monoisotopic (exact) mass is 244 g/mol. The molecule has 0 amide bonds. The van der Waals surface area contributed by atoms with E-state index in [0.29, 0.717) is 6.54 Å². The molecule has 0 unspecified atom stereocenters. The fourth-order valence-electron chi connectivity index (χ4n) is 3.05. The van der Waals surface area contributed by atoms with Gasteiger partial charge < -0.3 is 10.7 Å². The van der Waals surface area contributed by atoms with Gasteiger partial charge in [0.2, 0.25) is 0 Å². The highest BCUT2D eigenvalue weighted by Gasteiger charge is 2.34. The first kappa shape index (κ1) is 11.7. The number of nitrogens with zero attached hydrogens (tertiary/aromatic N) is 2. The van der Waals surface area contributed by atoms with Crippen LogP contribution in [0, 0.1) is 0 Å². The predicted octanol–water partition coefficient (Wildman–Crippen LogP) is 2.51. The number of fused-ring (bicyclic) bond motifs is 1. The first-order valence-electron chi connectivity index (χ1n) is 6.84. The summed E-state index contributed by atoms with van der Waals surface area (Å²) in [4.78, 5) is 12.3. The van der Waals surface area contributed by atoms with E-state index in [4.69, 9.17) is 10.7 Å². The molecule has 2 aromatic rings. The van der Waals surface area contributed by atoms with Crippen molar-refractivity contribution in [3.8, 4) is 0 Å². The second-order valence-electron chi connectivity index (χ2n) is 5.38. The van der Waals surface area contributed by atoms with Gasteiger partial charge in [0.25, 0.3) is 0 Å². The van der Waals surface area contributed by atoms with Crippen molar-refractivity contribution in [2.75, 3.05) is 6.54 Å². The number of imidazole rings is 1. The minimum Gasteiger partial charge on any atom is -0.340 e. The molecule has 3 rings (SSSR count). The molecule has 2 heterocycles. The van der Waals surface area contributed by atoms with E-state index in [1.165, 1.54) is 25.7 Å². The molecule has 3 N–H and O–H groups in total. The lowest BCUT2D eigenvalue weighted by atomic mass is 9.79. The van der Waals surface area contributed by atoms with E-state index in [2.05, 4.69) is 9.97 Å². The third kappa shape index (κ3) is 1.90. The Morgan fingerprint density at radius 3 is 2.67 bits per heavy atom. The zero-order valence-corrected chi connectivity index (χ0v) is 10.7. The van der Waals surface area contributed by atoms with Crippen molar-refractivity contribution < 1.29 is 0 Å². The summed E-state index contributed by atoms with van der Waals surface area (Å²) in [5, 5.41) is 0. The predicted molar refractivity (Wildman–Crippen MR) is 72.3 cm³/mol. The van der Waals surface area contributed by atoms with E-state index in [1.54, 1.807) is 6.20 Å². The maximum Gasteiger partial charge on any atom is 0.114 e. The van der Waals surface area contributed by atoms with E-state index < -0.39 is 0 Å². The molecule has 1 aliphatic carbocycles. The summed E-state index contributed by atoms with van der Waals surface area (Å²) in [6.07, 6.45) is 11.1. The van der Waals surface area contributed by atoms with Crippen molar-refractivity contribution in [2.24, 2.45) is 5.73 Å². The molecule has 0 radical (unpaired) electrons. The Bertz CT molecular complexity index is 490. The Kier molecular flexibility index (Phi) is 3.04. The number of aromatic amines is 1. The van der Waals surface area contributed by atoms with Crippen LogP contribution in [0.2, 0.25) is 0 Å². The number of pyridine rings is 1. The third-order valence-electron chi connectivity index (χ3n) is 4.24. The molecular formula is C14H20N4. The molecule has 4 nitrogen and oxygen atoms in total. The number of H-pyrrole nitrogens is 1. The zero-order valence-electron chi connectivity index (χ0n) is 10.7. The number of nitrogens with two attached hydrogens (primary N) is 1. The molecular weight excluding hydrogens is 224 g/mol. The van der Waals surface area contributed by atoms with Crippen LogP contribution in [0.4, 0.5) is 0 Å². The van der Waals surface area contributed by atoms with Crippen LogP contribution in [-0.2, 0) is 5.41 Å². The number of nitrogens with one attached hydrogen (secondary N) is 1. The van der Waals surface area contributed by atoms with E-state index in [1.807, 2.05) is 12.3 Å². The second kappa shape index (κ2) is 4.69. The van der Waals surface area contributed by atoms with Gasteiger partial charge in [0.1, 0.15) is 5.82 Å². The van der Waals surface area contributed by atoms with Crippen molar-refractivity contribution >= 4 is 11.0 Å². The van der Waals surface area contributed by atoms with Crippen LogP contribution in [0.15, 0.2) is 18.5 Å². The largest absolute Gasteiger partial charge is 0.340 e. The minimum absolute atomic E-state index is 0.0511. The molecule has 0 aliphatic heterocycles. The van der Waals surface area contributed by atoms with Gasteiger partial charge in [-0.2, -0.15) is 0 Å². The number of hydrogen-bond donors (Lipinski definition) is 2. The second-order valence-corrected chi connectivity index (χ2v) is 5.38. The van der Waals surface area contributed by atoms with Gasteiger partial charge in [-0.25, -0.2) is 4.98 Å². The maximum atomic E-state index is 6.09. The van der Waals surface area contributed by atoms with E-state index >= 15 is 0 Å². The fourth-order valence-corrected chi connectivity index (χ4v) is 3.05. The zero-order chi connectivity index (χ0) is 12.4. The topological polar surface area (TPSA) is 67.6 Å². The minimum atomic E-state index is 0.0511. The number of rotatable bonds is 2. The standard InChI is InChI=1S/C14H20N4/c15-10-14(6-3-1-2-4-7-14)13-17-11-5-8-16-9-12(11)18-13/h5,8-9H,1-4,6-7,10,15H2,(H,17,18). The lowest BCUT2D eigenvalue weighted by molar-refractivity contribution is 0.363. The lowest BCUT2D eigenvalue weighted by Crippen LogP contribution is -2.35. The van der Waals surface area contributed by atoms with Gasteiger partial charge in [-0.05, 0) is 18.9 Å². The first-order chi connectivity index (χ1) is 8.84. The molecule has 1 aliphatic rings. The fraction of sp³-hybridized carbons (Fsp3) is 0.571. The summed E-state index contributed by atoms with van der Waals surface area (Å²) >= 11 is 0. The Labute approximate surface area is 107 Å². The summed E-state index contributed by atoms with van der Waals surface area (Å²) in [7, 11) is 0. The molecule has 0 spiro atoms. The average molecular weight is 244 g/mol. The summed E-state index contributed by atoms with van der Waals surface area (Å²) in [6, 6.07) is 1.95. The van der Waals surface area contributed by atoms with Crippen molar-refractivity contribution in [1.29, 1.82) is 0 Å². The molecule has 1 fully saturated rings. The van der Waals surface area contributed by atoms with Crippen LogP contribution in [-0.4, -0.2) is 21.5 Å². The van der Waals surface area contributed by atoms with Crippen LogP contribution < -0.4 is 5.73 Å². The number of hydrogen-bond acceptors (Lipinski definition) is 3. The molecule has 2 aromatic heterocycles. The van der Waals surface area contributed by atoms with Gasteiger partial charge in [0, 0.05) is 18.2 Å². The van der Waals surface area contributed by atoms with Crippen LogP contribution in [0.3, 0.4) is 0 Å². The van der Waals surface area contributed by atoms with E-state index in [0.717, 1.165) is 29.7 Å². The van der Waals surface area contributed by atoms with Gasteiger partial charge in [-0.1, -0.05) is 25.7 Å². The third-order valence-corrected chi connectivity index (χ3v) is 4.24. The Balaban J connectivity index is 2.03. The average Bonchev–Trinajstić information content (AvgIpc) is 2.70. The molecule has 0 saturated heterocycles. The van der Waals surface area contributed by atoms with Gasteiger partial charge in [-0.15, -0.1) is 0 Å². The van der Waals surface area contributed by atoms with Crippen LogP contribution >= 0.6 is 0 Å². The first-order valence-corrected chi connectivity index (χ1v) is 6.84. The smallest absolute Gasteiger partial charge is 0.114 e. The lowest BCUT2D eigenvalue weighted by Gasteiger charge is -2.29. The summed E-state index contributed by atoms with van der Waals surface area (Å²) in [6.45, 7) is 0.681. The van der Waals surface area contributed by atoms with Gasteiger partial charge >= 0.3 is 0 Å². The van der Waals surface area contributed by atoms with Gasteiger partial charge in [0.15, 0.2) is 0 Å². The SMILES string of the molecule is NCC1(c2nc3ccncc3[nH]2)CCCCCC1. The van der Waals surface area contributed by atoms with E-state index in [-0.39, 0.29) is 5.41 Å². The van der Waals surface area contributed by atoms with Crippen LogP contribution in [0.1, 0.15) is 44.3 Å². The van der Waals surface area contributed by atoms with Crippen molar-refractivity contribution in [3.05, 3.63) is 24.3 Å². The van der Waals surface area contributed by atoms with Crippen LogP contribution in [0.25, 0.3) is 11.0 Å². The van der Waals surface area contributed by atoms with Gasteiger partial charge in [-0.3, -0.25) is 4.98 Å². The Hall–Kier alpha value is -1.42. The molecule has 18 heavy (non-hydrogen) atoms. The summed E-state index contributed by atoms with van der Waals surface area (Å²) in [5.41, 5.74) is 8.15. The highest BCUT2D eigenvalue weighted by atomic mass is 15.0.